The highest BCUT2D eigenvalue weighted by atomic mass is 35.5. The predicted molar refractivity (Wildman–Crippen MR) is 64.9 cm³/mol. The first-order valence-corrected chi connectivity index (χ1v) is 5.45. The van der Waals surface area contributed by atoms with E-state index in [9.17, 15) is 0 Å². The van der Waals surface area contributed by atoms with Crippen LogP contribution in [0.3, 0.4) is 0 Å². The number of halogens is 1. The van der Waals surface area contributed by atoms with Gasteiger partial charge in [0.1, 0.15) is 11.8 Å². The fraction of sp³-hybridized carbons (Fsp3) is 0.545. The Hall–Kier alpha value is -1.00. The molecule has 0 aliphatic heterocycles. The fourth-order valence-electron chi connectivity index (χ4n) is 1.03. The van der Waals surface area contributed by atoms with Crippen LogP contribution in [0.4, 0.5) is 5.69 Å². The van der Waals surface area contributed by atoms with Crippen molar-refractivity contribution in [2.75, 3.05) is 18.9 Å². The number of nitrogen functional groups attached to an aromatic ring is 1. The fourth-order valence-corrected chi connectivity index (χ4v) is 1.17. The summed E-state index contributed by atoms with van der Waals surface area (Å²) in [5.74, 6) is 0.352. The molecule has 16 heavy (non-hydrogen) atoms. The normalized spacial score (nSPS) is 11.5. The first-order valence-electron chi connectivity index (χ1n) is 5.07. The minimum atomic E-state index is -0.170. The maximum atomic E-state index is 5.72. The maximum Gasteiger partial charge on any atom is 0.238 e. The van der Waals surface area contributed by atoms with Gasteiger partial charge in [0.15, 0.2) is 0 Å². The molecule has 1 rings (SSSR count). The largest absolute Gasteiger partial charge is 0.474 e. The van der Waals surface area contributed by atoms with Crippen molar-refractivity contribution in [3.8, 4) is 5.88 Å². The predicted octanol–water partition coefficient (Wildman–Crippen LogP) is 2.51. The van der Waals surface area contributed by atoms with Crippen LogP contribution < -0.4 is 10.5 Å². The van der Waals surface area contributed by atoms with E-state index in [0.717, 1.165) is 0 Å². The van der Waals surface area contributed by atoms with E-state index in [0.29, 0.717) is 29.9 Å². The molecule has 1 heterocycles. The van der Waals surface area contributed by atoms with E-state index in [1.165, 1.54) is 0 Å². The third-order valence-electron chi connectivity index (χ3n) is 1.71. The van der Waals surface area contributed by atoms with Gasteiger partial charge >= 0.3 is 0 Å². The van der Waals surface area contributed by atoms with Gasteiger partial charge in [-0.3, -0.25) is 0 Å². The Morgan fingerprint density at radius 3 is 2.62 bits per heavy atom. The minimum absolute atomic E-state index is 0.170. The van der Waals surface area contributed by atoms with Gasteiger partial charge in [-0.1, -0.05) is 11.6 Å². The molecule has 0 saturated heterocycles. The van der Waals surface area contributed by atoms with Crippen LogP contribution >= 0.6 is 11.6 Å². The molecule has 0 aromatic carbocycles. The van der Waals surface area contributed by atoms with E-state index in [1.807, 2.05) is 20.8 Å². The number of hydrogen-bond donors (Lipinski definition) is 1. The van der Waals surface area contributed by atoms with Crippen LogP contribution in [0.25, 0.3) is 0 Å². The molecule has 4 nitrogen and oxygen atoms in total. The molecule has 0 saturated carbocycles. The lowest BCUT2D eigenvalue weighted by molar-refractivity contribution is -0.0167. The lowest BCUT2D eigenvalue weighted by Gasteiger charge is -2.19. The average Bonchev–Trinajstić information content (AvgIpc) is 2.16. The molecule has 2 N–H and O–H groups in total. The van der Waals surface area contributed by atoms with Crippen LogP contribution in [0.2, 0.25) is 5.15 Å². The lowest BCUT2D eigenvalue weighted by atomic mass is 10.2. The molecule has 0 fully saturated rings. The van der Waals surface area contributed by atoms with Crippen molar-refractivity contribution in [2.24, 2.45) is 0 Å². The molecule has 0 atom stereocenters. The molecule has 1 aromatic heterocycles. The third kappa shape index (κ3) is 4.68. The highest BCUT2D eigenvalue weighted by Gasteiger charge is 2.10. The van der Waals surface area contributed by atoms with Gasteiger partial charge in [0.2, 0.25) is 5.88 Å². The molecule has 0 aliphatic carbocycles. The Morgan fingerprint density at radius 1 is 1.31 bits per heavy atom. The Bertz CT molecular complexity index is 350. The number of nitrogens with zero attached hydrogens (tertiary/aromatic N) is 1. The number of rotatable bonds is 4. The summed E-state index contributed by atoms with van der Waals surface area (Å²) < 4.78 is 10.9. The maximum absolute atomic E-state index is 5.72. The number of nitrogens with two attached hydrogens (primary N) is 1. The van der Waals surface area contributed by atoms with Crippen molar-refractivity contribution in [3.63, 3.8) is 0 Å². The van der Waals surface area contributed by atoms with Crippen molar-refractivity contribution >= 4 is 17.3 Å². The minimum Gasteiger partial charge on any atom is -0.474 e. The monoisotopic (exact) mass is 244 g/mol. The molecule has 0 aliphatic rings. The van der Waals surface area contributed by atoms with Gasteiger partial charge in [0, 0.05) is 0 Å². The van der Waals surface area contributed by atoms with Crippen molar-refractivity contribution in [3.05, 3.63) is 17.3 Å². The molecular formula is C11H17ClN2O2. The number of pyridine rings is 1. The van der Waals surface area contributed by atoms with Crippen LogP contribution in [0.5, 0.6) is 5.88 Å². The first kappa shape index (κ1) is 13.1. The van der Waals surface area contributed by atoms with Gasteiger partial charge in [0.05, 0.1) is 17.9 Å². The van der Waals surface area contributed by atoms with E-state index < -0.39 is 0 Å². The quantitative estimate of drug-likeness (QED) is 0.653. The van der Waals surface area contributed by atoms with Gasteiger partial charge in [-0.15, -0.1) is 0 Å². The number of ether oxygens (including phenoxy) is 2. The Balaban J connectivity index is 2.40. The Morgan fingerprint density at radius 2 is 2.00 bits per heavy atom. The number of anilines is 1. The Labute approximate surface area is 101 Å². The summed E-state index contributed by atoms with van der Waals surface area (Å²) in [6, 6.07) is 3.28. The van der Waals surface area contributed by atoms with Gasteiger partial charge < -0.3 is 15.2 Å². The Kier molecular flexibility index (Phi) is 4.38. The van der Waals surface area contributed by atoms with Crippen LogP contribution in [0.15, 0.2) is 12.1 Å². The van der Waals surface area contributed by atoms with Crippen LogP contribution in [-0.4, -0.2) is 23.8 Å². The molecule has 1 aromatic rings. The van der Waals surface area contributed by atoms with Gasteiger partial charge in [-0.2, -0.15) is 4.98 Å². The first-order chi connectivity index (χ1) is 7.38. The summed E-state index contributed by atoms with van der Waals surface area (Å²) >= 11 is 5.72. The summed E-state index contributed by atoms with van der Waals surface area (Å²) in [6.45, 7) is 6.84. The van der Waals surface area contributed by atoms with E-state index in [-0.39, 0.29) is 5.60 Å². The zero-order valence-electron chi connectivity index (χ0n) is 9.79. The van der Waals surface area contributed by atoms with Crippen LogP contribution in [0.1, 0.15) is 20.8 Å². The van der Waals surface area contributed by atoms with Gasteiger partial charge in [0.25, 0.3) is 0 Å². The second kappa shape index (κ2) is 5.37. The molecule has 0 radical (unpaired) electrons. The molecule has 5 heteroatoms. The topological polar surface area (TPSA) is 57.4 Å². The zero-order valence-corrected chi connectivity index (χ0v) is 10.5. The average molecular weight is 245 g/mol. The highest BCUT2D eigenvalue weighted by Crippen LogP contribution is 2.20. The molecule has 0 bridgehead atoms. The summed E-state index contributed by atoms with van der Waals surface area (Å²) in [5.41, 5.74) is 5.97. The molecule has 0 spiro atoms. The standard InChI is InChI=1S/C11H17ClN2O2/c1-11(2,3)16-7-6-15-10-8(13)4-5-9(12)14-10/h4-5H,6-7,13H2,1-3H3. The summed E-state index contributed by atoms with van der Waals surface area (Å²) in [5, 5.41) is 0.362. The second-order valence-corrected chi connectivity index (χ2v) is 4.72. The summed E-state index contributed by atoms with van der Waals surface area (Å²) in [7, 11) is 0. The SMILES string of the molecule is CC(C)(C)OCCOc1nc(Cl)ccc1N. The smallest absolute Gasteiger partial charge is 0.238 e. The van der Waals surface area contributed by atoms with E-state index in [4.69, 9.17) is 26.8 Å². The van der Waals surface area contributed by atoms with Crippen molar-refractivity contribution < 1.29 is 9.47 Å². The van der Waals surface area contributed by atoms with Crippen LogP contribution in [-0.2, 0) is 4.74 Å². The van der Waals surface area contributed by atoms with Crippen molar-refractivity contribution in [1.29, 1.82) is 0 Å². The highest BCUT2D eigenvalue weighted by molar-refractivity contribution is 6.29. The van der Waals surface area contributed by atoms with Gasteiger partial charge in [-0.05, 0) is 32.9 Å². The molecule has 90 valence electrons. The molecular weight excluding hydrogens is 228 g/mol. The summed E-state index contributed by atoms with van der Waals surface area (Å²) in [6.07, 6.45) is 0. The summed E-state index contributed by atoms with van der Waals surface area (Å²) in [4.78, 5) is 3.97. The van der Waals surface area contributed by atoms with Crippen molar-refractivity contribution in [1.82, 2.24) is 4.98 Å². The third-order valence-corrected chi connectivity index (χ3v) is 1.92. The molecule has 0 unspecified atom stereocenters. The molecule has 0 amide bonds. The van der Waals surface area contributed by atoms with E-state index in [1.54, 1.807) is 12.1 Å². The van der Waals surface area contributed by atoms with E-state index in [2.05, 4.69) is 4.98 Å². The lowest BCUT2D eigenvalue weighted by Crippen LogP contribution is -2.22. The number of aromatic nitrogens is 1. The second-order valence-electron chi connectivity index (χ2n) is 4.34. The van der Waals surface area contributed by atoms with Crippen molar-refractivity contribution in [2.45, 2.75) is 26.4 Å². The van der Waals surface area contributed by atoms with E-state index >= 15 is 0 Å². The number of hydrogen-bond acceptors (Lipinski definition) is 4. The zero-order chi connectivity index (χ0) is 12.2. The van der Waals surface area contributed by atoms with Gasteiger partial charge in [-0.25, -0.2) is 0 Å². The van der Waals surface area contributed by atoms with Crippen LogP contribution in [0, 0.1) is 0 Å².